The van der Waals surface area contributed by atoms with Crippen LogP contribution in [0, 0.1) is 3.57 Å². The number of piperazine rings is 1. The molecule has 0 saturated carbocycles. The maximum atomic E-state index is 4.43. The first kappa shape index (κ1) is 11.6. The van der Waals surface area contributed by atoms with Gasteiger partial charge in [0.2, 0.25) is 5.95 Å². The van der Waals surface area contributed by atoms with Crippen LogP contribution in [-0.4, -0.2) is 47.1 Å². The zero-order valence-corrected chi connectivity index (χ0v) is 12.0. The van der Waals surface area contributed by atoms with Crippen molar-refractivity contribution >= 4 is 28.5 Å². The predicted molar refractivity (Wildman–Crippen MR) is 76.2 cm³/mol. The van der Waals surface area contributed by atoms with Gasteiger partial charge in [-0.25, -0.2) is 9.97 Å². The van der Waals surface area contributed by atoms with Crippen molar-refractivity contribution in [3.8, 4) is 0 Å². The van der Waals surface area contributed by atoms with Gasteiger partial charge in [0, 0.05) is 41.6 Å². The molecule has 2 aliphatic rings. The SMILES string of the molecule is Ic1cnc(N2CCN3CCCCC3C2)nc1. The number of piperidine rings is 1. The summed E-state index contributed by atoms with van der Waals surface area (Å²) >= 11 is 2.25. The van der Waals surface area contributed by atoms with Crippen molar-refractivity contribution in [3.63, 3.8) is 0 Å². The highest BCUT2D eigenvalue weighted by Crippen LogP contribution is 2.23. The van der Waals surface area contributed by atoms with Crippen LogP contribution < -0.4 is 4.90 Å². The van der Waals surface area contributed by atoms with E-state index in [0.29, 0.717) is 0 Å². The summed E-state index contributed by atoms with van der Waals surface area (Å²) in [5, 5.41) is 0. The minimum absolute atomic E-state index is 0.723. The average Bonchev–Trinajstić information content (AvgIpc) is 2.39. The van der Waals surface area contributed by atoms with Gasteiger partial charge in [-0.2, -0.15) is 0 Å². The Morgan fingerprint density at radius 3 is 2.76 bits per heavy atom. The quantitative estimate of drug-likeness (QED) is 0.727. The second-order valence-corrected chi connectivity index (χ2v) is 6.08. The molecule has 3 heterocycles. The average molecular weight is 344 g/mol. The lowest BCUT2D eigenvalue weighted by Crippen LogP contribution is -2.55. The Morgan fingerprint density at radius 2 is 1.94 bits per heavy atom. The molecular formula is C12H17IN4. The van der Waals surface area contributed by atoms with Crippen LogP contribution in [-0.2, 0) is 0 Å². The molecule has 1 aromatic rings. The van der Waals surface area contributed by atoms with Gasteiger partial charge >= 0.3 is 0 Å². The van der Waals surface area contributed by atoms with Crippen molar-refractivity contribution in [1.82, 2.24) is 14.9 Å². The Bertz CT molecular complexity index is 381. The molecule has 0 aromatic carbocycles. The Hall–Kier alpha value is -0.430. The van der Waals surface area contributed by atoms with E-state index >= 15 is 0 Å². The van der Waals surface area contributed by atoms with E-state index in [1.165, 1.54) is 32.4 Å². The van der Waals surface area contributed by atoms with Crippen LogP contribution >= 0.6 is 22.6 Å². The van der Waals surface area contributed by atoms with E-state index in [-0.39, 0.29) is 0 Å². The summed E-state index contributed by atoms with van der Waals surface area (Å²) in [4.78, 5) is 13.8. The van der Waals surface area contributed by atoms with E-state index in [2.05, 4.69) is 42.4 Å². The molecular weight excluding hydrogens is 327 g/mol. The van der Waals surface area contributed by atoms with Gasteiger partial charge in [0.1, 0.15) is 0 Å². The van der Waals surface area contributed by atoms with Gasteiger partial charge in [0.15, 0.2) is 0 Å². The van der Waals surface area contributed by atoms with Gasteiger partial charge in [-0.1, -0.05) is 6.42 Å². The monoisotopic (exact) mass is 344 g/mol. The lowest BCUT2D eigenvalue weighted by atomic mass is 10.00. The minimum atomic E-state index is 0.723. The van der Waals surface area contributed by atoms with E-state index in [4.69, 9.17) is 0 Å². The highest BCUT2D eigenvalue weighted by atomic mass is 127. The molecule has 2 saturated heterocycles. The van der Waals surface area contributed by atoms with Crippen molar-refractivity contribution in [3.05, 3.63) is 16.0 Å². The number of nitrogens with zero attached hydrogens (tertiary/aromatic N) is 4. The second-order valence-electron chi connectivity index (χ2n) is 4.83. The number of anilines is 1. The van der Waals surface area contributed by atoms with Crippen LogP contribution in [0.1, 0.15) is 19.3 Å². The Morgan fingerprint density at radius 1 is 1.12 bits per heavy atom. The third-order valence-corrected chi connectivity index (χ3v) is 4.28. The highest BCUT2D eigenvalue weighted by molar-refractivity contribution is 14.1. The van der Waals surface area contributed by atoms with Gasteiger partial charge in [-0.15, -0.1) is 0 Å². The summed E-state index contributed by atoms with van der Waals surface area (Å²) in [6.07, 6.45) is 7.88. The van der Waals surface area contributed by atoms with E-state index in [1.807, 2.05) is 12.4 Å². The Labute approximate surface area is 116 Å². The third-order valence-electron chi connectivity index (χ3n) is 3.73. The third kappa shape index (κ3) is 2.54. The molecule has 1 unspecified atom stereocenters. The molecule has 0 amide bonds. The van der Waals surface area contributed by atoms with Gasteiger partial charge in [-0.05, 0) is 42.0 Å². The standard InChI is InChI=1S/C12H17IN4/c13-10-7-14-12(15-8-10)17-6-5-16-4-2-1-3-11(16)9-17/h7-8,11H,1-6,9H2. The molecule has 2 fully saturated rings. The molecule has 3 rings (SSSR count). The highest BCUT2D eigenvalue weighted by Gasteiger charge is 2.29. The Balaban J connectivity index is 1.71. The minimum Gasteiger partial charge on any atom is -0.338 e. The zero-order chi connectivity index (χ0) is 11.7. The summed E-state index contributed by atoms with van der Waals surface area (Å²) in [6.45, 7) is 4.61. The molecule has 0 radical (unpaired) electrons. The molecule has 2 aliphatic heterocycles. The first-order valence-electron chi connectivity index (χ1n) is 6.29. The number of hydrogen-bond acceptors (Lipinski definition) is 4. The second kappa shape index (κ2) is 5.06. The van der Waals surface area contributed by atoms with Crippen molar-refractivity contribution in [1.29, 1.82) is 0 Å². The Kier molecular flexibility index (Phi) is 3.46. The van der Waals surface area contributed by atoms with E-state index in [0.717, 1.165) is 28.6 Å². The molecule has 92 valence electrons. The summed E-state index contributed by atoms with van der Waals surface area (Å²) in [7, 11) is 0. The van der Waals surface area contributed by atoms with Crippen LogP contribution in [0.25, 0.3) is 0 Å². The largest absolute Gasteiger partial charge is 0.338 e. The number of rotatable bonds is 1. The van der Waals surface area contributed by atoms with Crippen molar-refractivity contribution < 1.29 is 0 Å². The fourth-order valence-electron chi connectivity index (χ4n) is 2.81. The van der Waals surface area contributed by atoms with Crippen LogP contribution in [0.3, 0.4) is 0 Å². The molecule has 0 aliphatic carbocycles. The van der Waals surface area contributed by atoms with E-state index in [1.54, 1.807) is 0 Å². The van der Waals surface area contributed by atoms with Crippen LogP contribution in [0.5, 0.6) is 0 Å². The van der Waals surface area contributed by atoms with Crippen LogP contribution in [0.15, 0.2) is 12.4 Å². The van der Waals surface area contributed by atoms with Crippen LogP contribution in [0.4, 0.5) is 5.95 Å². The molecule has 17 heavy (non-hydrogen) atoms. The van der Waals surface area contributed by atoms with Gasteiger partial charge in [0.05, 0.1) is 0 Å². The summed E-state index contributed by atoms with van der Waals surface area (Å²) in [6, 6.07) is 0.723. The zero-order valence-electron chi connectivity index (χ0n) is 9.85. The fraction of sp³-hybridized carbons (Fsp3) is 0.667. The van der Waals surface area contributed by atoms with Crippen LogP contribution in [0.2, 0.25) is 0 Å². The molecule has 4 nitrogen and oxygen atoms in total. The smallest absolute Gasteiger partial charge is 0.225 e. The topological polar surface area (TPSA) is 32.3 Å². The van der Waals surface area contributed by atoms with Gasteiger partial charge < -0.3 is 4.90 Å². The maximum absolute atomic E-state index is 4.43. The van der Waals surface area contributed by atoms with E-state index < -0.39 is 0 Å². The number of fused-ring (bicyclic) bond motifs is 1. The lowest BCUT2D eigenvalue weighted by molar-refractivity contribution is 0.133. The normalized spacial score (nSPS) is 25.7. The van der Waals surface area contributed by atoms with E-state index in [9.17, 15) is 0 Å². The van der Waals surface area contributed by atoms with Crippen molar-refractivity contribution in [2.45, 2.75) is 25.3 Å². The summed E-state index contributed by atoms with van der Waals surface area (Å²) in [5.41, 5.74) is 0. The van der Waals surface area contributed by atoms with Gasteiger partial charge in [-0.3, -0.25) is 4.90 Å². The summed E-state index contributed by atoms with van der Waals surface area (Å²) < 4.78 is 1.10. The van der Waals surface area contributed by atoms with Crippen molar-refractivity contribution in [2.75, 3.05) is 31.1 Å². The summed E-state index contributed by atoms with van der Waals surface area (Å²) in [5.74, 6) is 0.899. The van der Waals surface area contributed by atoms with Gasteiger partial charge in [0.25, 0.3) is 0 Å². The number of hydrogen-bond donors (Lipinski definition) is 0. The fourth-order valence-corrected chi connectivity index (χ4v) is 3.08. The molecule has 5 heteroatoms. The number of halogens is 1. The first-order valence-corrected chi connectivity index (χ1v) is 7.37. The number of aromatic nitrogens is 2. The van der Waals surface area contributed by atoms with Crippen molar-refractivity contribution in [2.24, 2.45) is 0 Å². The molecule has 0 spiro atoms. The maximum Gasteiger partial charge on any atom is 0.225 e. The molecule has 0 N–H and O–H groups in total. The predicted octanol–water partition coefficient (Wildman–Crippen LogP) is 1.76. The molecule has 0 bridgehead atoms. The molecule has 1 atom stereocenters. The first-order chi connectivity index (χ1) is 8.33. The lowest BCUT2D eigenvalue weighted by Gasteiger charge is -2.43. The molecule has 1 aromatic heterocycles.